The van der Waals surface area contributed by atoms with Crippen molar-refractivity contribution in [1.29, 1.82) is 0 Å². The molecule has 1 N–H and O–H groups in total. The van der Waals surface area contributed by atoms with Crippen LogP contribution in [0.2, 0.25) is 18.1 Å². The fraction of sp³-hybridized carbons (Fsp3) is 0.750. The van der Waals surface area contributed by atoms with Gasteiger partial charge in [0.2, 0.25) is 10.0 Å². The standard InChI is InChI=1S/C20H39NO5SSi/c1-11-13-16(14-15-26-28(9,10)20(6,7)8)17(18(22)25-12-2)21-27(23,24)19(3,4)5/h11,13,17,21H,1,12,14-15H2,2-10H3/b16-13-/t17-/m0/s1. The summed E-state index contributed by atoms with van der Waals surface area (Å²) in [4.78, 5) is 12.5. The number of ether oxygens (including phenoxy) is 1. The quantitative estimate of drug-likeness (QED) is 0.318. The molecule has 0 heterocycles. The van der Waals surface area contributed by atoms with Crippen LogP contribution in [-0.4, -0.2) is 46.7 Å². The molecule has 0 spiro atoms. The molecule has 28 heavy (non-hydrogen) atoms. The van der Waals surface area contributed by atoms with Gasteiger partial charge in [0.15, 0.2) is 8.32 Å². The molecule has 0 fully saturated rings. The Balaban J connectivity index is 5.64. The Morgan fingerprint density at radius 1 is 1.18 bits per heavy atom. The van der Waals surface area contributed by atoms with Crippen LogP contribution in [0.25, 0.3) is 0 Å². The largest absolute Gasteiger partial charge is 0.465 e. The number of esters is 1. The van der Waals surface area contributed by atoms with Crippen LogP contribution in [0.1, 0.15) is 54.9 Å². The van der Waals surface area contributed by atoms with Crippen LogP contribution in [-0.2, 0) is 24.0 Å². The van der Waals surface area contributed by atoms with Crippen molar-refractivity contribution in [3.8, 4) is 0 Å². The first-order chi connectivity index (χ1) is 12.5. The van der Waals surface area contributed by atoms with E-state index in [0.717, 1.165) is 0 Å². The molecule has 0 bridgehead atoms. The first kappa shape index (κ1) is 27.0. The minimum atomic E-state index is -3.76. The second kappa shape index (κ2) is 10.2. The van der Waals surface area contributed by atoms with Gasteiger partial charge in [-0.3, -0.25) is 0 Å². The summed E-state index contributed by atoms with van der Waals surface area (Å²) in [7, 11) is -5.71. The van der Waals surface area contributed by atoms with E-state index in [1.807, 2.05) is 0 Å². The maximum Gasteiger partial charge on any atom is 0.328 e. The predicted molar refractivity (Wildman–Crippen MR) is 118 cm³/mol. The van der Waals surface area contributed by atoms with Gasteiger partial charge in [-0.25, -0.2) is 13.2 Å². The molecule has 0 aromatic heterocycles. The van der Waals surface area contributed by atoms with Crippen LogP contribution in [0.15, 0.2) is 24.3 Å². The van der Waals surface area contributed by atoms with Crippen molar-refractivity contribution >= 4 is 24.3 Å². The highest BCUT2D eigenvalue weighted by Crippen LogP contribution is 2.36. The maximum absolute atomic E-state index is 12.6. The average molecular weight is 434 g/mol. The zero-order chi connectivity index (χ0) is 22.4. The monoisotopic (exact) mass is 433 g/mol. The summed E-state index contributed by atoms with van der Waals surface area (Å²) in [5.74, 6) is -0.629. The molecule has 1 atom stereocenters. The molecule has 0 rings (SSSR count). The van der Waals surface area contributed by atoms with Gasteiger partial charge in [0.05, 0.1) is 11.4 Å². The van der Waals surface area contributed by atoms with E-state index < -0.39 is 35.1 Å². The molecule has 8 heteroatoms. The third-order valence-electron chi connectivity index (χ3n) is 4.96. The molecule has 0 saturated carbocycles. The summed E-state index contributed by atoms with van der Waals surface area (Å²) in [6, 6.07) is -1.11. The molecule has 0 saturated heterocycles. The van der Waals surface area contributed by atoms with E-state index >= 15 is 0 Å². The molecule has 0 aliphatic heterocycles. The summed E-state index contributed by atoms with van der Waals surface area (Å²) in [6.45, 7) is 21.4. The van der Waals surface area contributed by atoms with Crippen molar-refractivity contribution < 1.29 is 22.4 Å². The van der Waals surface area contributed by atoms with E-state index in [0.29, 0.717) is 18.6 Å². The Kier molecular flexibility index (Phi) is 9.83. The fourth-order valence-corrected chi connectivity index (χ4v) is 3.91. The molecular formula is C20H39NO5SSi. The first-order valence-corrected chi connectivity index (χ1v) is 14.0. The van der Waals surface area contributed by atoms with Crippen molar-refractivity contribution in [2.75, 3.05) is 13.2 Å². The minimum absolute atomic E-state index is 0.0592. The van der Waals surface area contributed by atoms with Gasteiger partial charge in [-0.05, 0) is 57.8 Å². The SMILES string of the molecule is C=C/C=C(/CCO[Si](C)(C)C(C)(C)C)[C@H](NS(=O)(=O)C(C)(C)C)C(=O)OCC. The number of sulfonamides is 1. The first-order valence-electron chi connectivity index (χ1n) is 9.64. The predicted octanol–water partition coefficient (Wildman–Crippen LogP) is 4.16. The summed E-state index contributed by atoms with van der Waals surface area (Å²) >= 11 is 0. The van der Waals surface area contributed by atoms with Crippen LogP contribution < -0.4 is 4.72 Å². The minimum Gasteiger partial charge on any atom is -0.465 e. The third-order valence-corrected chi connectivity index (χ3v) is 11.7. The van der Waals surface area contributed by atoms with Crippen molar-refractivity contribution in [2.45, 2.75) is 83.8 Å². The molecule has 0 aliphatic rings. The van der Waals surface area contributed by atoms with Crippen molar-refractivity contribution in [3.63, 3.8) is 0 Å². The van der Waals surface area contributed by atoms with Gasteiger partial charge in [0.1, 0.15) is 6.04 Å². The van der Waals surface area contributed by atoms with Crippen LogP contribution in [0, 0.1) is 0 Å². The lowest BCUT2D eigenvalue weighted by atomic mass is 10.0. The molecule has 0 aliphatic carbocycles. The van der Waals surface area contributed by atoms with E-state index in [4.69, 9.17) is 9.16 Å². The lowest BCUT2D eigenvalue weighted by Gasteiger charge is -2.36. The maximum atomic E-state index is 12.6. The van der Waals surface area contributed by atoms with E-state index in [-0.39, 0.29) is 11.6 Å². The van der Waals surface area contributed by atoms with E-state index in [2.05, 4.69) is 45.2 Å². The number of carbonyl (C=O) groups is 1. The third kappa shape index (κ3) is 7.81. The smallest absolute Gasteiger partial charge is 0.328 e. The van der Waals surface area contributed by atoms with E-state index in [1.165, 1.54) is 0 Å². The lowest BCUT2D eigenvalue weighted by molar-refractivity contribution is -0.144. The topological polar surface area (TPSA) is 81.7 Å². The lowest BCUT2D eigenvalue weighted by Crippen LogP contribution is -2.49. The van der Waals surface area contributed by atoms with Crippen LogP contribution in [0.5, 0.6) is 0 Å². The highest BCUT2D eigenvalue weighted by atomic mass is 32.2. The van der Waals surface area contributed by atoms with Crippen LogP contribution in [0.4, 0.5) is 0 Å². The molecule has 164 valence electrons. The Morgan fingerprint density at radius 2 is 1.71 bits per heavy atom. The van der Waals surface area contributed by atoms with E-state index in [9.17, 15) is 13.2 Å². The fourth-order valence-electron chi connectivity index (χ4n) is 1.95. The molecule has 6 nitrogen and oxygen atoms in total. The van der Waals surface area contributed by atoms with Gasteiger partial charge in [-0.2, -0.15) is 4.72 Å². The zero-order valence-electron chi connectivity index (χ0n) is 19.0. The molecule has 0 unspecified atom stereocenters. The summed E-state index contributed by atoms with van der Waals surface area (Å²) in [5.41, 5.74) is 0.569. The molecular weight excluding hydrogens is 394 g/mol. The van der Waals surface area contributed by atoms with Gasteiger partial charge in [-0.1, -0.05) is 39.5 Å². The number of hydrogen-bond acceptors (Lipinski definition) is 5. The molecule has 0 aromatic rings. The second-order valence-electron chi connectivity index (χ2n) is 9.25. The van der Waals surface area contributed by atoms with Crippen LogP contribution in [0.3, 0.4) is 0 Å². The van der Waals surface area contributed by atoms with Gasteiger partial charge >= 0.3 is 5.97 Å². The number of hydrogen-bond donors (Lipinski definition) is 1. The Labute approximate surface area is 172 Å². The van der Waals surface area contributed by atoms with Crippen LogP contribution >= 0.6 is 0 Å². The van der Waals surface area contributed by atoms with Gasteiger partial charge in [0.25, 0.3) is 0 Å². The highest BCUT2D eigenvalue weighted by molar-refractivity contribution is 7.90. The van der Waals surface area contributed by atoms with Gasteiger partial charge in [0, 0.05) is 6.61 Å². The van der Waals surface area contributed by atoms with Crippen molar-refractivity contribution in [2.24, 2.45) is 0 Å². The van der Waals surface area contributed by atoms with Crippen molar-refractivity contribution in [1.82, 2.24) is 4.72 Å². The average Bonchev–Trinajstić information content (AvgIpc) is 2.49. The Morgan fingerprint density at radius 3 is 2.11 bits per heavy atom. The second-order valence-corrected chi connectivity index (χ2v) is 16.5. The summed E-state index contributed by atoms with van der Waals surface area (Å²) in [5, 5.41) is 0.0592. The summed E-state index contributed by atoms with van der Waals surface area (Å²) < 4.78 is 38.1. The van der Waals surface area contributed by atoms with Gasteiger partial charge in [-0.15, -0.1) is 0 Å². The Hall–Kier alpha value is -0.963. The molecule has 0 radical (unpaired) electrons. The zero-order valence-corrected chi connectivity index (χ0v) is 20.8. The number of allylic oxidation sites excluding steroid dienone is 2. The number of nitrogens with one attached hydrogen (secondary N) is 1. The summed E-state index contributed by atoms with van der Waals surface area (Å²) in [6.07, 6.45) is 3.59. The van der Waals surface area contributed by atoms with Crippen molar-refractivity contribution in [3.05, 3.63) is 24.3 Å². The molecule has 0 amide bonds. The number of carbonyl (C=O) groups excluding carboxylic acids is 1. The Bertz CT molecular complexity index is 670. The highest BCUT2D eigenvalue weighted by Gasteiger charge is 2.38. The molecule has 0 aromatic carbocycles. The number of rotatable bonds is 10. The van der Waals surface area contributed by atoms with E-state index in [1.54, 1.807) is 39.8 Å². The normalized spacial score (nSPS) is 15.2. The van der Waals surface area contributed by atoms with Gasteiger partial charge < -0.3 is 9.16 Å².